The molecule has 4 aromatic rings. The van der Waals surface area contributed by atoms with E-state index in [0.717, 1.165) is 17.8 Å². The van der Waals surface area contributed by atoms with Gasteiger partial charge in [-0.25, -0.2) is 9.67 Å². The molecule has 0 spiro atoms. The topological polar surface area (TPSA) is 85.0 Å². The Labute approximate surface area is 198 Å². The van der Waals surface area contributed by atoms with E-state index in [9.17, 15) is 22.8 Å². The van der Waals surface area contributed by atoms with Gasteiger partial charge in [-0.05, 0) is 42.0 Å². The first-order chi connectivity index (χ1) is 16.6. The van der Waals surface area contributed by atoms with Gasteiger partial charge in [0.05, 0.1) is 24.8 Å². The second-order valence-electron chi connectivity index (χ2n) is 8.18. The largest absolute Gasteiger partial charge is 0.416 e. The summed E-state index contributed by atoms with van der Waals surface area (Å²) in [6.07, 6.45) is -1.81. The summed E-state index contributed by atoms with van der Waals surface area (Å²) in [6.45, 7) is 0.495. The maximum atomic E-state index is 13.0. The van der Waals surface area contributed by atoms with Gasteiger partial charge in [0.25, 0.3) is 11.5 Å². The molecule has 2 aromatic carbocycles. The maximum Gasteiger partial charge on any atom is 0.416 e. The quantitative estimate of drug-likeness (QED) is 0.436. The van der Waals surface area contributed by atoms with E-state index in [1.54, 1.807) is 12.1 Å². The minimum atomic E-state index is -4.46. The fourth-order valence-electron chi connectivity index (χ4n) is 3.60. The molecule has 2 aromatic heterocycles. The van der Waals surface area contributed by atoms with Crippen molar-refractivity contribution in [1.82, 2.24) is 24.6 Å². The molecular weight excluding hydrogens is 461 g/mol. The summed E-state index contributed by atoms with van der Waals surface area (Å²) in [7, 11) is 3.83. The number of halogens is 3. The van der Waals surface area contributed by atoms with Crippen LogP contribution in [-0.4, -0.2) is 45.9 Å². The summed E-state index contributed by atoms with van der Waals surface area (Å²) in [4.78, 5) is 31.4. The monoisotopic (exact) mass is 484 g/mol. The standard InChI is InChI=1S/C24H23F3N6O2/c1-31(2)19-8-6-17(7-9-19)22(34)28-10-11-33-21-20(13-30-33)23(35)32(15-29-21)14-16-4-3-5-18(12-16)24(25,26)27/h3-9,12-13,15H,10-11,14H2,1-2H3,(H,28,34). The van der Waals surface area contributed by atoms with Crippen LogP contribution in [-0.2, 0) is 19.3 Å². The van der Waals surface area contributed by atoms with Crippen LogP contribution in [0, 0.1) is 0 Å². The molecule has 1 amide bonds. The van der Waals surface area contributed by atoms with Crippen molar-refractivity contribution < 1.29 is 18.0 Å². The predicted octanol–water partition coefficient (Wildman–Crippen LogP) is 3.16. The van der Waals surface area contributed by atoms with Gasteiger partial charge < -0.3 is 10.2 Å². The SMILES string of the molecule is CN(C)c1ccc(C(=O)NCCn2ncc3c(=O)n(Cc4cccc(C(F)(F)F)c4)cnc32)cc1. The number of amides is 1. The molecule has 0 bridgehead atoms. The van der Waals surface area contributed by atoms with Crippen LogP contribution in [0.3, 0.4) is 0 Å². The zero-order chi connectivity index (χ0) is 25.2. The third-order valence-corrected chi connectivity index (χ3v) is 5.48. The van der Waals surface area contributed by atoms with Crippen molar-refractivity contribution in [2.24, 2.45) is 0 Å². The Bertz CT molecular complexity index is 1410. The van der Waals surface area contributed by atoms with Gasteiger partial charge in [-0.3, -0.25) is 14.2 Å². The van der Waals surface area contributed by atoms with Gasteiger partial charge in [-0.1, -0.05) is 12.1 Å². The molecule has 11 heteroatoms. The van der Waals surface area contributed by atoms with Crippen LogP contribution in [0.2, 0.25) is 0 Å². The molecule has 35 heavy (non-hydrogen) atoms. The van der Waals surface area contributed by atoms with Gasteiger partial charge in [0.1, 0.15) is 11.7 Å². The molecule has 1 N–H and O–H groups in total. The Hall–Kier alpha value is -4.15. The number of carbonyl (C=O) groups excluding carboxylic acids is 1. The Morgan fingerprint density at radius 3 is 2.54 bits per heavy atom. The van der Waals surface area contributed by atoms with E-state index in [4.69, 9.17) is 0 Å². The van der Waals surface area contributed by atoms with E-state index in [1.165, 1.54) is 33.9 Å². The molecule has 0 aliphatic rings. The molecule has 0 fully saturated rings. The van der Waals surface area contributed by atoms with Crippen molar-refractivity contribution in [2.45, 2.75) is 19.3 Å². The van der Waals surface area contributed by atoms with Gasteiger partial charge in [-0.15, -0.1) is 0 Å². The number of nitrogens with zero attached hydrogens (tertiary/aromatic N) is 5. The fraction of sp³-hybridized carbons (Fsp3) is 0.250. The second-order valence-corrected chi connectivity index (χ2v) is 8.18. The normalized spacial score (nSPS) is 11.6. The van der Waals surface area contributed by atoms with E-state index in [-0.39, 0.29) is 30.9 Å². The molecule has 8 nitrogen and oxygen atoms in total. The van der Waals surface area contributed by atoms with Crippen molar-refractivity contribution in [3.05, 3.63) is 88.1 Å². The predicted molar refractivity (Wildman–Crippen MR) is 125 cm³/mol. The molecule has 0 atom stereocenters. The first-order valence-electron chi connectivity index (χ1n) is 10.8. The van der Waals surface area contributed by atoms with Gasteiger partial charge in [0.2, 0.25) is 0 Å². The summed E-state index contributed by atoms with van der Waals surface area (Å²) in [6, 6.07) is 12.0. The zero-order valence-corrected chi connectivity index (χ0v) is 19.1. The van der Waals surface area contributed by atoms with Gasteiger partial charge in [0.15, 0.2) is 5.65 Å². The number of alkyl halides is 3. The highest BCUT2D eigenvalue weighted by molar-refractivity contribution is 5.94. The minimum absolute atomic E-state index is 0.0560. The molecular formula is C24H23F3N6O2. The smallest absolute Gasteiger partial charge is 0.378 e. The maximum absolute atomic E-state index is 13.0. The Kier molecular flexibility index (Phi) is 6.59. The van der Waals surface area contributed by atoms with Crippen LogP contribution < -0.4 is 15.8 Å². The van der Waals surface area contributed by atoms with Crippen molar-refractivity contribution >= 4 is 22.6 Å². The lowest BCUT2D eigenvalue weighted by Crippen LogP contribution is -2.28. The van der Waals surface area contributed by atoms with Crippen LogP contribution >= 0.6 is 0 Å². The number of fused-ring (bicyclic) bond motifs is 1. The molecule has 0 aliphatic carbocycles. The van der Waals surface area contributed by atoms with Crippen LogP contribution in [0.15, 0.2) is 65.8 Å². The van der Waals surface area contributed by atoms with Crippen molar-refractivity contribution in [2.75, 3.05) is 25.5 Å². The second kappa shape index (κ2) is 9.61. The highest BCUT2D eigenvalue weighted by atomic mass is 19.4. The molecule has 0 saturated carbocycles. The number of benzene rings is 2. The number of nitrogens with one attached hydrogen (secondary N) is 1. The zero-order valence-electron chi connectivity index (χ0n) is 19.1. The van der Waals surface area contributed by atoms with Crippen LogP contribution in [0.4, 0.5) is 18.9 Å². The summed E-state index contributed by atoms with van der Waals surface area (Å²) in [5, 5.41) is 7.24. The minimum Gasteiger partial charge on any atom is -0.378 e. The molecule has 0 aliphatic heterocycles. The highest BCUT2D eigenvalue weighted by Gasteiger charge is 2.30. The average Bonchev–Trinajstić information content (AvgIpc) is 3.24. The van der Waals surface area contributed by atoms with E-state index in [1.807, 2.05) is 31.1 Å². The number of aromatic nitrogens is 4. The summed E-state index contributed by atoms with van der Waals surface area (Å²) in [5.41, 5.74) is 0.979. The van der Waals surface area contributed by atoms with E-state index in [0.29, 0.717) is 16.8 Å². The summed E-state index contributed by atoms with van der Waals surface area (Å²) < 4.78 is 41.7. The molecule has 0 unspecified atom stereocenters. The Morgan fingerprint density at radius 1 is 1.11 bits per heavy atom. The Morgan fingerprint density at radius 2 is 1.86 bits per heavy atom. The van der Waals surface area contributed by atoms with Crippen LogP contribution in [0.5, 0.6) is 0 Å². The molecule has 0 radical (unpaired) electrons. The lowest BCUT2D eigenvalue weighted by Gasteiger charge is -2.12. The molecule has 182 valence electrons. The van der Waals surface area contributed by atoms with Crippen LogP contribution in [0.25, 0.3) is 11.0 Å². The van der Waals surface area contributed by atoms with E-state index >= 15 is 0 Å². The first kappa shape index (κ1) is 24.0. The number of anilines is 1. The number of rotatable bonds is 7. The molecule has 2 heterocycles. The fourth-order valence-corrected chi connectivity index (χ4v) is 3.60. The average molecular weight is 484 g/mol. The number of hydrogen-bond donors (Lipinski definition) is 1. The van der Waals surface area contributed by atoms with E-state index in [2.05, 4.69) is 15.4 Å². The lowest BCUT2D eigenvalue weighted by atomic mass is 10.1. The van der Waals surface area contributed by atoms with Crippen LogP contribution in [0.1, 0.15) is 21.5 Å². The number of carbonyl (C=O) groups is 1. The summed E-state index contributed by atoms with van der Waals surface area (Å²) >= 11 is 0. The first-order valence-corrected chi connectivity index (χ1v) is 10.8. The van der Waals surface area contributed by atoms with Crippen molar-refractivity contribution in [1.29, 1.82) is 0 Å². The van der Waals surface area contributed by atoms with Crippen molar-refractivity contribution in [3.8, 4) is 0 Å². The van der Waals surface area contributed by atoms with Gasteiger partial charge in [0, 0.05) is 31.9 Å². The highest BCUT2D eigenvalue weighted by Crippen LogP contribution is 2.29. The van der Waals surface area contributed by atoms with E-state index < -0.39 is 17.3 Å². The van der Waals surface area contributed by atoms with Gasteiger partial charge in [-0.2, -0.15) is 18.3 Å². The third kappa shape index (κ3) is 5.34. The Balaban J connectivity index is 1.43. The molecule has 0 saturated heterocycles. The summed E-state index contributed by atoms with van der Waals surface area (Å²) in [5.74, 6) is -0.233. The molecule has 4 rings (SSSR count). The third-order valence-electron chi connectivity index (χ3n) is 5.48. The van der Waals surface area contributed by atoms with Gasteiger partial charge >= 0.3 is 6.18 Å². The lowest BCUT2D eigenvalue weighted by molar-refractivity contribution is -0.137. The van der Waals surface area contributed by atoms with Crippen molar-refractivity contribution in [3.63, 3.8) is 0 Å². The number of hydrogen-bond acceptors (Lipinski definition) is 5.